The number of carbonyl (C=O) groups is 1. The molecular weight excluding hydrogens is 390 g/mol. The fraction of sp³-hybridized carbons (Fsp3) is 0.417. The Kier molecular flexibility index (Phi) is 6.30. The van der Waals surface area contributed by atoms with E-state index in [0.29, 0.717) is 31.2 Å². The van der Waals surface area contributed by atoms with Gasteiger partial charge in [0.1, 0.15) is 5.82 Å². The molecule has 0 radical (unpaired) electrons. The molecule has 0 spiro atoms. The summed E-state index contributed by atoms with van der Waals surface area (Å²) in [6, 6.07) is 10.2. The van der Waals surface area contributed by atoms with Crippen LogP contribution in [0, 0.1) is 19.8 Å². The van der Waals surface area contributed by atoms with Gasteiger partial charge in [-0.15, -0.1) is 0 Å². The molecule has 2 aromatic heterocycles. The summed E-state index contributed by atoms with van der Waals surface area (Å²) < 4.78 is 5.29. The van der Waals surface area contributed by atoms with Crippen LogP contribution in [0.1, 0.15) is 42.3 Å². The van der Waals surface area contributed by atoms with Gasteiger partial charge < -0.3 is 14.7 Å². The molecule has 1 aromatic carbocycles. The summed E-state index contributed by atoms with van der Waals surface area (Å²) in [5.74, 6) is 1.97. The van der Waals surface area contributed by atoms with Gasteiger partial charge in [-0.05, 0) is 49.9 Å². The lowest BCUT2D eigenvalue weighted by Crippen LogP contribution is -2.43. The van der Waals surface area contributed by atoms with Crippen LogP contribution in [-0.2, 0) is 17.8 Å². The number of hydrogen-bond donors (Lipinski definition) is 1. The molecule has 1 atom stereocenters. The number of rotatable bonds is 6. The number of nitrogens with one attached hydrogen (secondary N) is 1. The van der Waals surface area contributed by atoms with Crippen molar-refractivity contribution in [3.63, 3.8) is 0 Å². The molecule has 162 valence electrons. The molecule has 0 saturated carbocycles. The second-order valence-electron chi connectivity index (χ2n) is 8.17. The Morgan fingerprint density at radius 2 is 2.16 bits per heavy atom. The van der Waals surface area contributed by atoms with Crippen LogP contribution in [0.15, 0.2) is 41.1 Å². The molecule has 3 heterocycles. The number of carbonyl (C=O) groups excluding carboxylic acids is 1. The molecule has 1 aliphatic rings. The monoisotopic (exact) mass is 419 g/mol. The molecule has 1 saturated heterocycles. The highest BCUT2D eigenvalue weighted by molar-refractivity contribution is 5.80. The van der Waals surface area contributed by atoms with Crippen molar-refractivity contribution in [3.05, 3.63) is 59.1 Å². The summed E-state index contributed by atoms with van der Waals surface area (Å²) in [5.41, 5.74) is 4.40. The molecule has 1 N–H and O–H groups in total. The Morgan fingerprint density at radius 3 is 2.97 bits per heavy atom. The Labute approximate surface area is 182 Å². The number of hydrogen-bond acceptors (Lipinski definition) is 6. The Morgan fingerprint density at radius 1 is 1.29 bits per heavy atom. The highest BCUT2D eigenvalue weighted by Gasteiger charge is 2.28. The van der Waals surface area contributed by atoms with Crippen molar-refractivity contribution in [2.24, 2.45) is 5.92 Å². The summed E-state index contributed by atoms with van der Waals surface area (Å²) in [7, 11) is 0. The van der Waals surface area contributed by atoms with E-state index in [2.05, 4.69) is 57.4 Å². The van der Waals surface area contributed by atoms with Gasteiger partial charge in [-0.25, -0.2) is 4.98 Å². The second kappa shape index (κ2) is 9.29. The quantitative estimate of drug-likeness (QED) is 0.653. The number of aromatic nitrogens is 3. The van der Waals surface area contributed by atoms with Gasteiger partial charge >= 0.3 is 0 Å². The van der Waals surface area contributed by atoms with Gasteiger partial charge in [0.2, 0.25) is 17.6 Å². The van der Waals surface area contributed by atoms with Crippen molar-refractivity contribution < 1.29 is 9.32 Å². The van der Waals surface area contributed by atoms with E-state index in [1.807, 2.05) is 19.1 Å². The number of amides is 1. The Hall–Kier alpha value is -3.22. The fourth-order valence-electron chi connectivity index (χ4n) is 4.03. The first kappa shape index (κ1) is 21.0. The maximum atomic E-state index is 12.9. The molecule has 0 bridgehead atoms. The average molecular weight is 420 g/mol. The molecule has 31 heavy (non-hydrogen) atoms. The van der Waals surface area contributed by atoms with E-state index in [1.165, 1.54) is 11.1 Å². The summed E-state index contributed by atoms with van der Waals surface area (Å²) in [6.45, 7) is 8.16. The molecule has 1 amide bonds. The molecule has 0 aliphatic carbocycles. The molecular formula is C24H29N5O2. The predicted molar refractivity (Wildman–Crippen MR) is 120 cm³/mol. The largest absolute Gasteiger partial charge is 0.355 e. The van der Waals surface area contributed by atoms with Gasteiger partial charge in [0, 0.05) is 32.3 Å². The molecule has 7 nitrogen and oxygen atoms in total. The Balaban J connectivity index is 1.46. The van der Waals surface area contributed by atoms with Crippen molar-refractivity contribution in [1.29, 1.82) is 0 Å². The summed E-state index contributed by atoms with van der Waals surface area (Å²) >= 11 is 0. The first-order valence-electron chi connectivity index (χ1n) is 10.9. The maximum absolute atomic E-state index is 12.9. The normalized spacial score (nSPS) is 16.4. The van der Waals surface area contributed by atoms with Gasteiger partial charge in [0.05, 0.1) is 11.5 Å². The van der Waals surface area contributed by atoms with Crippen LogP contribution in [0.3, 0.4) is 0 Å². The molecule has 4 rings (SSSR count). The van der Waals surface area contributed by atoms with E-state index in [9.17, 15) is 4.79 Å². The third kappa shape index (κ3) is 4.76. The van der Waals surface area contributed by atoms with E-state index < -0.39 is 0 Å². The highest BCUT2D eigenvalue weighted by Crippen LogP contribution is 2.30. The lowest BCUT2D eigenvalue weighted by Gasteiger charge is -2.33. The van der Waals surface area contributed by atoms with Crippen LogP contribution in [0.4, 0.5) is 5.82 Å². The zero-order chi connectivity index (χ0) is 21.8. The van der Waals surface area contributed by atoms with E-state index in [-0.39, 0.29) is 11.8 Å². The average Bonchev–Trinajstić information content (AvgIpc) is 3.29. The van der Waals surface area contributed by atoms with Crippen LogP contribution in [0.5, 0.6) is 0 Å². The number of nitrogens with zero attached hydrogens (tertiary/aromatic N) is 4. The molecule has 0 unspecified atom stereocenters. The van der Waals surface area contributed by atoms with E-state index in [0.717, 1.165) is 36.3 Å². The van der Waals surface area contributed by atoms with Crippen molar-refractivity contribution in [3.8, 4) is 11.4 Å². The number of anilines is 1. The van der Waals surface area contributed by atoms with E-state index in [1.54, 1.807) is 6.20 Å². The zero-order valence-electron chi connectivity index (χ0n) is 18.4. The zero-order valence-corrected chi connectivity index (χ0v) is 18.4. The summed E-state index contributed by atoms with van der Waals surface area (Å²) in [6.07, 6.45) is 4.27. The minimum absolute atomic E-state index is 0.0785. The van der Waals surface area contributed by atoms with Crippen molar-refractivity contribution in [1.82, 2.24) is 20.4 Å². The number of aryl methyl sites for hydroxylation is 3. The smallest absolute Gasteiger partial charge is 0.226 e. The van der Waals surface area contributed by atoms with Gasteiger partial charge in [-0.1, -0.05) is 35.8 Å². The first-order valence-corrected chi connectivity index (χ1v) is 10.9. The van der Waals surface area contributed by atoms with Gasteiger partial charge in [0.25, 0.3) is 0 Å². The summed E-state index contributed by atoms with van der Waals surface area (Å²) in [5, 5.41) is 7.25. The molecule has 3 aromatic rings. The molecule has 7 heteroatoms. The minimum Gasteiger partial charge on any atom is -0.355 e. The number of benzene rings is 1. The van der Waals surface area contributed by atoms with Gasteiger partial charge in [-0.2, -0.15) is 4.98 Å². The van der Waals surface area contributed by atoms with Crippen molar-refractivity contribution in [2.75, 3.05) is 18.0 Å². The van der Waals surface area contributed by atoms with Crippen LogP contribution in [0.25, 0.3) is 11.4 Å². The molecule has 1 fully saturated rings. The predicted octanol–water partition coefficient (Wildman–Crippen LogP) is 3.84. The van der Waals surface area contributed by atoms with Crippen molar-refractivity contribution in [2.45, 2.75) is 46.6 Å². The number of piperidine rings is 1. The lowest BCUT2D eigenvalue weighted by molar-refractivity contribution is -0.125. The third-order valence-corrected chi connectivity index (χ3v) is 5.85. The third-order valence-electron chi connectivity index (χ3n) is 5.85. The maximum Gasteiger partial charge on any atom is 0.226 e. The Bertz CT molecular complexity index is 1060. The molecule has 1 aliphatic heterocycles. The van der Waals surface area contributed by atoms with E-state index >= 15 is 0 Å². The SMILES string of the molecule is CCc1nc(-c2cccnc2N2CCC[C@@H](C(=O)NCc3cc(C)ccc3C)C2)no1. The van der Waals surface area contributed by atoms with Crippen LogP contribution >= 0.6 is 0 Å². The number of pyridine rings is 1. The van der Waals surface area contributed by atoms with Crippen LogP contribution in [-0.4, -0.2) is 34.1 Å². The second-order valence-corrected chi connectivity index (χ2v) is 8.17. The fourth-order valence-corrected chi connectivity index (χ4v) is 4.03. The topological polar surface area (TPSA) is 84.2 Å². The standard InChI is InChI=1S/C24H29N5O2/c1-4-21-27-22(28-31-21)20-8-5-11-25-23(20)29-12-6-7-18(15-29)24(30)26-14-19-13-16(2)9-10-17(19)3/h5,8-11,13,18H,4,6-7,12,14-15H2,1-3H3,(H,26,30)/t18-/m1/s1. The highest BCUT2D eigenvalue weighted by atomic mass is 16.5. The van der Waals surface area contributed by atoms with Crippen LogP contribution < -0.4 is 10.2 Å². The van der Waals surface area contributed by atoms with Gasteiger partial charge in [-0.3, -0.25) is 4.79 Å². The lowest BCUT2D eigenvalue weighted by atomic mass is 9.96. The minimum atomic E-state index is -0.0785. The summed E-state index contributed by atoms with van der Waals surface area (Å²) in [4.78, 5) is 24.2. The van der Waals surface area contributed by atoms with Gasteiger partial charge in [0.15, 0.2) is 0 Å². The van der Waals surface area contributed by atoms with Crippen LogP contribution in [0.2, 0.25) is 0 Å². The first-order chi connectivity index (χ1) is 15.0. The van der Waals surface area contributed by atoms with Crippen molar-refractivity contribution >= 4 is 11.7 Å². The van der Waals surface area contributed by atoms with E-state index in [4.69, 9.17) is 4.52 Å².